The molecule has 2 aromatic rings. The molecular weight excluding hydrogens is 375 g/mol. The minimum absolute atomic E-state index is 0.0344. The van der Waals surface area contributed by atoms with Crippen molar-refractivity contribution in [1.82, 2.24) is 14.7 Å². The smallest absolute Gasteiger partial charge is 0.406 e. The van der Waals surface area contributed by atoms with Crippen LogP contribution < -0.4 is 4.74 Å². The molecule has 1 saturated carbocycles. The summed E-state index contributed by atoms with van der Waals surface area (Å²) in [5, 5.41) is 4.14. The topological polar surface area (TPSA) is 56.6 Å². The minimum atomic E-state index is -4.71. The Bertz CT molecular complexity index is 850. The van der Waals surface area contributed by atoms with Crippen LogP contribution in [-0.4, -0.2) is 46.6 Å². The first-order chi connectivity index (χ1) is 13.3. The van der Waals surface area contributed by atoms with E-state index < -0.39 is 6.36 Å². The van der Waals surface area contributed by atoms with Gasteiger partial charge in [-0.1, -0.05) is 12.1 Å². The number of nitrogens with zero attached hydrogens (tertiary/aromatic N) is 3. The van der Waals surface area contributed by atoms with Gasteiger partial charge < -0.3 is 14.4 Å². The van der Waals surface area contributed by atoms with Crippen molar-refractivity contribution in [1.29, 1.82) is 0 Å². The van der Waals surface area contributed by atoms with Crippen LogP contribution >= 0.6 is 0 Å². The maximum atomic E-state index is 12.9. The van der Waals surface area contributed by atoms with Gasteiger partial charge in [-0.25, -0.2) is 0 Å². The van der Waals surface area contributed by atoms with Crippen molar-refractivity contribution in [3.05, 3.63) is 47.8 Å². The molecule has 1 aromatic carbocycles. The minimum Gasteiger partial charge on any atom is -0.406 e. The first-order valence-electron chi connectivity index (χ1n) is 9.05. The largest absolute Gasteiger partial charge is 0.573 e. The van der Waals surface area contributed by atoms with Gasteiger partial charge in [0, 0.05) is 31.3 Å². The van der Waals surface area contributed by atoms with Crippen molar-refractivity contribution in [2.75, 3.05) is 19.7 Å². The fraction of sp³-hybridized carbons (Fsp3) is 0.474. The second-order valence-electron chi connectivity index (χ2n) is 7.16. The fourth-order valence-corrected chi connectivity index (χ4v) is 3.65. The van der Waals surface area contributed by atoms with Crippen LogP contribution in [0.4, 0.5) is 13.2 Å². The van der Waals surface area contributed by atoms with Crippen molar-refractivity contribution in [3.63, 3.8) is 0 Å². The number of benzene rings is 1. The molecule has 150 valence electrons. The van der Waals surface area contributed by atoms with Crippen molar-refractivity contribution < 1.29 is 27.4 Å². The number of hydrogen-bond donors (Lipinski definition) is 0. The summed E-state index contributed by atoms with van der Waals surface area (Å²) in [6, 6.07) is 5.76. The molecular formula is C19H20F3N3O3. The Labute approximate surface area is 159 Å². The van der Waals surface area contributed by atoms with Gasteiger partial charge in [0.05, 0.1) is 19.3 Å². The standard InChI is InChI=1S/C19H20F3N3O3/c1-24-10-13(9-23-24)17-11-25(6-7-27-17)18(26)16-8-15(16)12-2-4-14(5-3-12)28-19(20,21)22/h2-5,9-10,15-17H,6-8,11H2,1H3/t15-,16-,17-/m0/s1. The Morgan fingerprint density at radius 3 is 2.64 bits per heavy atom. The molecule has 0 radical (unpaired) electrons. The first kappa shape index (κ1) is 18.8. The van der Waals surface area contributed by atoms with E-state index in [1.165, 1.54) is 12.1 Å². The molecule has 0 spiro atoms. The third kappa shape index (κ3) is 4.14. The van der Waals surface area contributed by atoms with Crippen LogP contribution in [0.3, 0.4) is 0 Å². The van der Waals surface area contributed by atoms with Crippen LogP contribution in [-0.2, 0) is 16.6 Å². The molecule has 2 fully saturated rings. The van der Waals surface area contributed by atoms with E-state index in [4.69, 9.17) is 4.74 Å². The Balaban J connectivity index is 1.36. The number of halogens is 3. The zero-order chi connectivity index (χ0) is 19.9. The van der Waals surface area contributed by atoms with E-state index in [1.54, 1.807) is 23.0 Å². The summed E-state index contributed by atoms with van der Waals surface area (Å²) in [5.41, 5.74) is 1.79. The zero-order valence-corrected chi connectivity index (χ0v) is 15.2. The second-order valence-corrected chi connectivity index (χ2v) is 7.16. The number of amides is 1. The normalized spacial score (nSPS) is 24.9. The van der Waals surface area contributed by atoms with E-state index in [0.717, 1.165) is 11.1 Å². The van der Waals surface area contributed by atoms with E-state index in [-0.39, 0.29) is 29.6 Å². The number of rotatable bonds is 4. The number of aryl methyl sites for hydroxylation is 1. The lowest BCUT2D eigenvalue weighted by Gasteiger charge is -2.32. The monoisotopic (exact) mass is 395 g/mol. The van der Waals surface area contributed by atoms with Gasteiger partial charge in [-0.05, 0) is 30.0 Å². The molecule has 1 aliphatic carbocycles. The average molecular weight is 395 g/mol. The van der Waals surface area contributed by atoms with Gasteiger partial charge in [0.1, 0.15) is 11.9 Å². The van der Waals surface area contributed by atoms with Gasteiger partial charge in [0.15, 0.2) is 0 Å². The van der Waals surface area contributed by atoms with Crippen LogP contribution in [0.15, 0.2) is 36.7 Å². The summed E-state index contributed by atoms with van der Waals surface area (Å²) in [6.07, 6.45) is -0.581. The summed E-state index contributed by atoms with van der Waals surface area (Å²) in [5.74, 6) is -0.292. The highest BCUT2D eigenvalue weighted by Crippen LogP contribution is 2.49. The second kappa shape index (κ2) is 7.12. The molecule has 0 unspecified atom stereocenters. The maximum absolute atomic E-state index is 12.9. The predicted molar refractivity (Wildman–Crippen MR) is 92.5 cm³/mol. The zero-order valence-electron chi connectivity index (χ0n) is 15.2. The van der Waals surface area contributed by atoms with E-state index >= 15 is 0 Å². The summed E-state index contributed by atoms with van der Waals surface area (Å²) in [6.45, 7) is 1.48. The number of morpholine rings is 1. The van der Waals surface area contributed by atoms with Gasteiger partial charge in [0.25, 0.3) is 0 Å². The molecule has 28 heavy (non-hydrogen) atoms. The Morgan fingerprint density at radius 2 is 2.00 bits per heavy atom. The number of hydrogen-bond acceptors (Lipinski definition) is 4. The number of ether oxygens (including phenoxy) is 2. The lowest BCUT2D eigenvalue weighted by Crippen LogP contribution is -2.43. The summed E-state index contributed by atoms with van der Waals surface area (Å²) in [7, 11) is 1.83. The van der Waals surface area contributed by atoms with Gasteiger partial charge in [-0.2, -0.15) is 5.10 Å². The highest BCUT2D eigenvalue weighted by atomic mass is 19.4. The molecule has 1 amide bonds. The molecule has 9 heteroatoms. The van der Waals surface area contributed by atoms with Crippen LogP contribution in [0, 0.1) is 5.92 Å². The molecule has 1 saturated heterocycles. The van der Waals surface area contributed by atoms with Crippen LogP contribution in [0.25, 0.3) is 0 Å². The van der Waals surface area contributed by atoms with Crippen LogP contribution in [0.2, 0.25) is 0 Å². The van der Waals surface area contributed by atoms with Crippen LogP contribution in [0.5, 0.6) is 5.75 Å². The van der Waals surface area contributed by atoms with Crippen molar-refractivity contribution in [3.8, 4) is 5.75 Å². The van der Waals surface area contributed by atoms with Gasteiger partial charge in [0.2, 0.25) is 5.91 Å². The van der Waals surface area contributed by atoms with Crippen molar-refractivity contribution in [2.24, 2.45) is 13.0 Å². The van der Waals surface area contributed by atoms with Gasteiger partial charge in [-0.15, -0.1) is 13.2 Å². The molecule has 0 N–H and O–H groups in total. The van der Waals surface area contributed by atoms with E-state index in [2.05, 4.69) is 9.84 Å². The molecule has 2 heterocycles. The van der Waals surface area contributed by atoms with E-state index in [0.29, 0.717) is 26.1 Å². The predicted octanol–water partition coefficient (Wildman–Crippen LogP) is 3.02. The lowest BCUT2D eigenvalue weighted by molar-refractivity contribution is -0.274. The number of carbonyl (C=O) groups is 1. The van der Waals surface area contributed by atoms with Gasteiger partial charge >= 0.3 is 6.36 Å². The molecule has 6 nitrogen and oxygen atoms in total. The highest BCUT2D eigenvalue weighted by molar-refractivity contribution is 5.83. The summed E-state index contributed by atoms with van der Waals surface area (Å²) in [4.78, 5) is 14.7. The van der Waals surface area contributed by atoms with Gasteiger partial charge in [-0.3, -0.25) is 9.48 Å². The quantitative estimate of drug-likeness (QED) is 0.799. The van der Waals surface area contributed by atoms with Crippen LogP contribution in [0.1, 0.15) is 29.6 Å². The summed E-state index contributed by atoms with van der Waals surface area (Å²) >= 11 is 0. The SMILES string of the molecule is Cn1cc([C@@H]2CN(C(=O)[C@H]3C[C@H]3c3ccc(OC(F)(F)F)cc3)CCO2)cn1. The highest BCUT2D eigenvalue weighted by Gasteiger charge is 2.46. The first-order valence-corrected chi connectivity index (χ1v) is 9.05. The summed E-state index contributed by atoms with van der Waals surface area (Å²) < 4.78 is 48.1. The van der Waals surface area contributed by atoms with Crippen molar-refractivity contribution >= 4 is 5.91 Å². The fourth-order valence-electron chi connectivity index (χ4n) is 3.65. The molecule has 3 atom stereocenters. The Kier molecular flexibility index (Phi) is 4.78. The third-order valence-corrected chi connectivity index (χ3v) is 5.12. The van der Waals surface area contributed by atoms with Crippen molar-refractivity contribution in [2.45, 2.75) is 24.8 Å². The number of carbonyl (C=O) groups excluding carboxylic acids is 1. The van der Waals surface area contributed by atoms with E-state index in [9.17, 15) is 18.0 Å². The average Bonchev–Trinajstić information content (AvgIpc) is 3.33. The Hall–Kier alpha value is -2.55. The Morgan fingerprint density at radius 1 is 1.25 bits per heavy atom. The molecule has 4 rings (SSSR count). The van der Waals surface area contributed by atoms with E-state index in [1.807, 2.05) is 18.1 Å². The molecule has 2 aliphatic rings. The molecule has 1 aromatic heterocycles. The number of alkyl halides is 3. The molecule has 1 aliphatic heterocycles. The maximum Gasteiger partial charge on any atom is 0.573 e. The lowest BCUT2D eigenvalue weighted by atomic mass is 10.1. The molecule has 0 bridgehead atoms. The number of aromatic nitrogens is 2. The third-order valence-electron chi connectivity index (χ3n) is 5.12.